The maximum Gasteiger partial charge on any atom is 0.402 e. The van der Waals surface area contributed by atoms with E-state index in [4.69, 9.17) is 0 Å². The van der Waals surface area contributed by atoms with Gasteiger partial charge in [0.05, 0.1) is 5.52 Å². The van der Waals surface area contributed by atoms with Gasteiger partial charge in [0.15, 0.2) is 5.82 Å². The fourth-order valence-corrected chi connectivity index (χ4v) is 2.22. The van der Waals surface area contributed by atoms with Gasteiger partial charge < -0.3 is 0 Å². The quantitative estimate of drug-likeness (QED) is 0.796. The average Bonchev–Trinajstić information content (AvgIpc) is 2.69. The standard InChI is InChI=1S/C9H9F3N4O2S/c10-9(11,12)5-13-19(17,18)16-8-6-3-1-2-4-7(6)14-15-8/h1-4,13H,5H2,(H2,14,15,16). The second-order valence-corrected chi connectivity index (χ2v) is 5.16. The number of aromatic amines is 1. The van der Waals surface area contributed by atoms with Crippen molar-refractivity contribution in [2.75, 3.05) is 11.3 Å². The van der Waals surface area contributed by atoms with Gasteiger partial charge in [0.1, 0.15) is 6.54 Å². The van der Waals surface area contributed by atoms with E-state index < -0.39 is 22.9 Å². The Morgan fingerprint density at radius 1 is 1.26 bits per heavy atom. The Labute approximate surface area is 106 Å². The van der Waals surface area contributed by atoms with Crippen LogP contribution in [-0.2, 0) is 10.2 Å². The summed E-state index contributed by atoms with van der Waals surface area (Å²) in [4.78, 5) is 0. The highest BCUT2D eigenvalue weighted by molar-refractivity contribution is 7.90. The monoisotopic (exact) mass is 294 g/mol. The summed E-state index contributed by atoms with van der Waals surface area (Å²) in [6.07, 6.45) is -4.62. The molecule has 104 valence electrons. The van der Waals surface area contributed by atoms with Gasteiger partial charge in [-0.25, -0.2) is 0 Å². The molecule has 3 N–H and O–H groups in total. The molecule has 1 aromatic carbocycles. The SMILES string of the molecule is O=S(=O)(NCC(F)(F)F)Nc1n[nH]c2ccccc12. The molecule has 1 aromatic heterocycles. The molecule has 6 nitrogen and oxygen atoms in total. The highest BCUT2D eigenvalue weighted by Gasteiger charge is 2.29. The van der Waals surface area contributed by atoms with Gasteiger partial charge in [0.25, 0.3) is 0 Å². The van der Waals surface area contributed by atoms with Crippen molar-refractivity contribution in [2.45, 2.75) is 6.18 Å². The number of anilines is 1. The van der Waals surface area contributed by atoms with E-state index in [1.54, 1.807) is 24.3 Å². The van der Waals surface area contributed by atoms with E-state index in [1.807, 2.05) is 4.72 Å². The molecule has 2 rings (SSSR count). The van der Waals surface area contributed by atoms with Crippen molar-refractivity contribution in [3.05, 3.63) is 24.3 Å². The number of para-hydroxylation sites is 1. The van der Waals surface area contributed by atoms with Gasteiger partial charge in [-0.05, 0) is 12.1 Å². The zero-order valence-electron chi connectivity index (χ0n) is 9.32. The molecule has 0 atom stereocenters. The van der Waals surface area contributed by atoms with Gasteiger partial charge in [0, 0.05) is 5.39 Å². The fraction of sp³-hybridized carbons (Fsp3) is 0.222. The number of nitrogens with one attached hydrogen (secondary N) is 3. The van der Waals surface area contributed by atoms with Crippen molar-refractivity contribution in [3.8, 4) is 0 Å². The van der Waals surface area contributed by atoms with Crippen LogP contribution in [0.3, 0.4) is 0 Å². The van der Waals surface area contributed by atoms with Crippen LogP contribution in [0, 0.1) is 0 Å². The van der Waals surface area contributed by atoms with Crippen LogP contribution in [0.1, 0.15) is 0 Å². The van der Waals surface area contributed by atoms with Crippen molar-refractivity contribution >= 4 is 26.9 Å². The molecule has 0 bridgehead atoms. The predicted octanol–water partition coefficient (Wildman–Crippen LogP) is 1.37. The van der Waals surface area contributed by atoms with Crippen LogP contribution < -0.4 is 9.44 Å². The summed E-state index contributed by atoms with van der Waals surface area (Å²) in [6.45, 7) is -1.65. The molecule has 2 aromatic rings. The van der Waals surface area contributed by atoms with E-state index in [2.05, 4.69) is 10.2 Å². The third-order valence-electron chi connectivity index (χ3n) is 2.16. The minimum atomic E-state index is -4.62. The molecular formula is C9H9F3N4O2S. The Morgan fingerprint density at radius 2 is 1.95 bits per heavy atom. The molecule has 19 heavy (non-hydrogen) atoms. The summed E-state index contributed by atoms with van der Waals surface area (Å²) in [6, 6.07) is 6.60. The van der Waals surface area contributed by atoms with E-state index >= 15 is 0 Å². The number of halogens is 3. The Kier molecular flexibility index (Phi) is 3.37. The number of nitrogens with zero attached hydrogens (tertiary/aromatic N) is 1. The van der Waals surface area contributed by atoms with Crippen LogP contribution in [0.5, 0.6) is 0 Å². The van der Waals surface area contributed by atoms with Gasteiger partial charge in [-0.3, -0.25) is 9.82 Å². The van der Waals surface area contributed by atoms with Crippen molar-refractivity contribution < 1.29 is 21.6 Å². The van der Waals surface area contributed by atoms with E-state index in [0.29, 0.717) is 10.9 Å². The molecule has 0 fully saturated rings. The van der Waals surface area contributed by atoms with Crippen LogP contribution in [-0.4, -0.2) is 31.3 Å². The Morgan fingerprint density at radius 3 is 2.63 bits per heavy atom. The van der Waals surface area contributed by atoms with Crippen LogP contribution in [0.2, 0.25) is 0 Å². The second-order valence-electron chi connectivity index (χ2n) is 3.66. The van der Waals surface area contributed by atoms with Crippen molar-refractivity contribution in [3.63, 3.8) is 0 Å². The highest BCUT2D eigenvalue weighted by Crippen LogP contribution is 2.20. The lowest BCUT2D eigenvalue weighted by Gasteiger charge is -2.09. The number of hydrogen-bond donors (Lipinski definition) is 3. The van der Waals surface area contributed by atoms with Crippen molar-refractivity contribution in [1.29, 1.82) is 0 Å². The molecule has 0 saturated carbocycles. The number of H-pyrrole nitrogens is 1. The Bertz CT molecular complexity index is 680. The van der Waals surface area contributed by atoms with Crippen molar-refractivity contribution in [1.82, 2.24) is 14.9 Å². The Hall–Kier alpha value is -1.81. The minimum absolute atomic E-state index is 0.0646. The minimum Gasteiger partial charge on any atom is -0.276 e. The molecule has 0 spiro atoms. The second kappa shape index (κ2) is 4.70. The molecule has 10 heteroatoms. The van der Waals surface area contributed by atoms with Crippen LogP contribution in [0.4, 0.5) is 19.0 Å². The number of rotatable bonds is 4. The largest absolute Gasteiger partial charge is 0.402 e. The molecular weight excluding hydrogens is 285 g/mol. The molecule has 0 amide bonds. The smallest absolute Gasteiger partial charge is 0.276 e. The van der Waals surface area contributed by atoms with E-state index in [0.717, 1.165) is 0 Å². The summed E-state index contributed by atoms with van der Waals surface area (Å²) in [5.41, 5.74) is 0.566. The summed E-state index contributed by atoms with van der Waals surface area (Å²) < 4.78 is 62.0. The normalized spacial score (nSPS) is 12.8. The predicted molar refractivity (Wildman–Crippen MR) is 62.7 cm³/mol. The van der Waals surface area contributed by atoms with Gasteiger partial charge in [-0.15, -0.1) is 0 Å². The number of aromatic nitrogens is 2. The third-order valence-corrected chi connectivity index (χ3v) is 3.15. The number of fused-ring (bicyclic) bond motifs is 1. The summed E-state index contributed by atoms with van der Waals surface area (Å²) in [5.74, 6) is -0.0646. The maximum absolute atomic E-state index is 11.9. The first-order chi connectivity index (χ1) is 8.77. The molecule has 0 aliphatic heterocycles. The first-order valence-corrected chi connectivity index (χ1v) is 6.52. The lowest BCUT2D eigenvalue weighted by Crippen LogP contribution is -2.37. The highest BCUT2D eigenvalue weighted by atomic mass is 32.2. The fourth-order valence-electron chi connectivity index (χ4n) is 1.38. The molecule has 0 aliphatic carbocycles. The van der Waals surface area contributed by atoms with Gasteiger partial charge >= 0.3 is 16.4 Å². The lowest BCUT2D eigenvalue weighted by atomic mass is 10.2. The van der Waals surface area contributed by atoms with E-state index in [-0.39, 0.29) is 5.82 Å². The first-order valence-electron chi connectivity index (χ1n) is 5.04. The molecule has 0 radical (unpaired) electrons. The molecule has 0 saturated heterocycles. The number of alkyl halides is 3. The maximum atomic E-state index is 11.9. The van der Waals surface area contributed by atoms with Crippen molar-refractivity contribution in [2.24, 2.45) is 0 Å². The van der Waals surface area contributed by atoms with Crippen LogP contribution in [0.25, 0.3) is 10.9 Å². The van der Waals surface area contributed by atoms with E-state index in [1.165, 1.54) is 4.72 Å². The third kappa shape index (κ3) is 3.58. The van der Waals surface area contributed by atoms with Gasteiger partial charge in [0.2, 0.25) is 0 Å². The first kappa shape index (κ1) is 13.6. The van der Waals surface area contributed by atoms with Gasteiger partial charge in [-0.1, -0.05) is 12.1 Å². The van der Waals surface area contributed by atoms with E-state index in [9.17, 15) is 21.6 Å². The van der Waals surface area contributed by atoms with Gasteiger partial charge in [-0.2, -0.15) is 31.4 Å². The zero-order chi connectivity index (χ0) is 14.1. The number of hydrogen-bond acceptors (Lipinski definition) is 3. The molecule has 0 aliphatic rings. The summed E-state index contributed by atoms with van der Waals surface area (Å²) >= 11 is 0. The summed E-state index contributed by atoms with van der Waals surface area (Å²) in [7, 11) is -4.33. The lowest BCUT2D eigenvalue weighted by molar-refractivity contribution is -0.121. The average molecular weight is 294 g/mol. The topological polar surface area (TPSA) is 86.9 Å². The molecule has 0 unspecified atom stereocenters. The zero-order valence-corrected chi connectivity index (χ0v) is 10.1. The van der Waals surface area contributed by atoms with Crippen LogP contribution in [0.15, 0.2) is 24.3 Å². The summed E-state index contributed by atoms with van der Waals surface area (Å²) in [5, 5.41) is 6.70. The number of benzene rings is 1. The van der Waals surface area contributed by atoms with Crippen LogP contribution >= 0.6 is 0 Å². The Balaban J connectivity index is 2.16. The molecule has 1 heterocycles.